The van der Waals surface area contributed by atoms with Crippen LogP contribution in [-0.2, 0) is 10.0 Å². The van der Waals surface area contributed by atoms with Gasteiger partial charge in [0.25, 0.3) is 0 Å². The Morgan fingerprint density at radius 2 is 1.60 bits per heavy atom. The Morgan fingerprint density at radius 3 is 2.20 bits per heavy atom. The molecule has 1 heterocycles. The predicted molar refractivity (Wildman–Crippen MR) is 117 cm³/mol. The van der Waals surface area contributed by atoms with Crippen molar-refractivity contribution in [2.45, 2.75) is 11.8 Å². The first-order valence-corrected chi connectivity index (χ1v) is 11.4. The number of anilines is 1. The van der Waals surface area contributed by atoms with Crippen molar-refractivity contribution in [1.82, 2.24) is 14.9 Å². The molecule has 0 bridgehead atoms. The topological polar surface area (TPSA) is 91.0 Å². The van der Waals surface area contributed by atoms with E-state index in [0.717, 1.165) is 30.1 Å². The van der Waals surface area contributed by atoms with E-state index in [2.05, 4.69) is 14.9 Å². The van der Waals surface area contributed by atoms with Gasteiger partial charge in [0.2, 0.25) is 10.0 Å². The van der Waals surface area contributed by atoms with Crippen molar-refractivity contribution in [2.75, 3.05) is 51.3 Å². The highest BCUT2D eigenvalue weighted by atomic mass is 32.2. The van der Waals surface area contributed by atoms with Crippen LogP contribution in [0.5, 0.6) is 5.75 Å². The minimum absolute atomic E-state index is 0.133. The number of urea groups is 1. The maximum Gasteiger partial charge on any atom is 0.317 e. The van der Waals surface area contributed by atoms with Crippen molar-refractivity contribution in [3.63, 3.8) is 0 Å². The van der Waals surface area contributed by atoms with Gasteiger partial charge in [0.15, 0.2) is 0 Å². The van der Waals surface area contributed by atoms with Gasteiger partial charge in [-0.3, -0.25) is 0 Å². The van der Waals surface area contributed by atoms with Crippen LogP contribution in [0.1, 0.15) is 5.56 Å². The Hall–Kier alpha value is -2.78. The zero-order chi connectivity index (χ0) is 21.6. The maximum absolute atomic E-state index is 12.4. The molecule has 1 saturated heterocycles. The van der Waals surface area contributed by atoms with Crippen LogP contribution in [-0.4, -0.2) is 65.7 Å². The molecule has 1 aliphatic rings. The number of carbonyl (C=O) groups excluding carboxylic acids is 1. The van der Waals surface area contributed by atoms with E-state index in [4.69, 9.17) is 4.74 Å². The van der Waals surface area contributed by atoms with E-state index >= 15 is 0 Å². The number of nitrogens with one attached hydrogen (secondary N) is 2. The second-order valence-electron chi connectivity index (χ2n) is 7.11. The first-order chi connectivity index (χ1) is 14.4. The quantitative estimate of drug-likeness (QED) is 0.652. The molecule has 8 nitrogen and oxygen atoms in total. The van der Waals surface area contributed by atoms with Gasteiger partial charge in [0.05, 0.1) is 12.0 Å². The average Bonchev–Trinajstić information content (AvgIpc) is 2.77. The van der Waals surface area contributed by atoms with Crippen molar-refractivity contribution >= 4 is 21.7 Å². The number of nitrogens with zero attached hydrogens (tertiary/aromatic N) is 2. The molecule has 0 atom stereocenters. The molecule has 2 aromatic carbocycles. The minimum atomic E-state index is -3.57. The lowest BCUT2D eigenvalue weighted by Crippen LogP contribution is -2.52. The van der Waals surface area contributed by atoms with E-state index in [1.54, 1.807) is 36.3 Å². The van der Waals surface area contributed by atoms with Crippen molar-refractivity contribution in [2.24, 2.45) is 0 Å². The number of amides is 2. The zero-order valence-electron chi connectivity index (χ0n) is 17.3. The van der Waals surface area contributed by atoms with Crippen molar-refractivity contribution in [3.05, 3.63) is 54.1 Å². The van der Waals surface area contributed by atoms with Crippen LogP contribution in [0.4, 0.5) is 10.5 Å². The second-order valence-corrected chi connectivity index (χ2v) is 8.88. The molecule has 2 N–H and O–H groups in total. The molecule has 0 saturated carbocycles. The number of hydrogen-bond donors (Lipinski definition) is 2. The lowest BCUT2D eigenvalue weighted by molar-refractivity contribution is 0.194. The van der Waals surface area contributed by atoms with Crippen LogP contribution in [0.25, 0.3) is 0 Å². The molecule has 0 radical (unpaired) electrons. The number of carbonyl (C=O) groups is 1. The Balaban J connectivity index is 1.40. The number of ether oxygens (including phenoxy) is 1. The van der Waals surface area contributed by atoms with Crippen molar-refractivity contribution in [3.8, 4) is 5.75 Å². The summed E-state index contributed by atoms with van der Waals surface area (Å²) in [5.74, 6) is 0.815. The first-order valence-electron chi connectivity index (χ1n) is 9.87. The van der Waals surface area contributed by atoms with E-state index in [1.807, 2.05) is 31.2 Å². The molecule has 2 amide bonds. The van der Waals surface area contributed by atoms with Crippen LogP contribution < -0.4 is 19.7 Å². The van der Waals surface area contributed by atoms with Gasteiger partial charge in [-0.15, -0.1) is 0 Å². The molecule has 1 aliphatic heterocycles. The highest BCUT2D eigenvalue weighted by molar-refractivity contribution is 7.89. The van der Waals surface area contributed by atoms with E-state index in [0.29, 0.717) is 13.1 Å². The standard InChI is InChI=1S/C21H28N4O4S/c1-17-3-9-20(10-4-17)30(27,28)23-12-11-22-21(26)25-15-13-24(14-16-25)18-5-7-19(29-2)8-6-18/h3-10,23H,11-16H2,1-2H3,(H,22,26). The fourth-order valence-electron chi connectivity index (χ4n) is 3.23. The van der Waals surface area contributed by atoms with Crippen LogP contribution in [0.2, 0.25) is 0 Å². The number of methoxy groups -OCH3 is 1. The van der Waals surface area contributed by atoms with Gasteiger partial charge in [-0.05, 0) is 43.3 Å². The van der Waals surface area contributed by atoms with Crippen molar-refractivity contribution < 1.29 is 17.9 Å². The third-order valence-electron chi connectivity index (χ3n) is 5.03. The van der Waals surface area contributed by atoms with Crippen molar-refractivity contribution in [1.29, 1.82) is 0 Å². The molecule has 0 unspecified atom stereocenters. The maximum atomic E-state index is 12.4. The molecule has 162 valence electrons. The van der Waals surface area contributed by atoms with Gasteiger partial charge < -0.3 is 19.9 Å². The van der Waals surface area contributed by atoms with Crippen LogP contribution in [0.3, 0.4) is 0 Å². The highest BCUT2D eigenvalue weighted by Crippen LogP contribution is 2.20. The minimum Gasteiger partial charge on any atom is -0.497 e. The zero-order valence-corrected chi connectivity index (χ0v) is 18.1. The molecular formula is C21H28N4O4S. The molecule has 0 spiro atoms. The second kappa shape index (κ2) is 9.82. The van der Waals surface area contributed by atoms with Gasteiger partial charge >= 0.3 is 6.03 Å². The summed E-state index contributed by atoms with van der Waals surface area (Å²) in [5, 5.41) is 2.78. The number of benzene rings is 2. The van der Waals surface area contributed by atoms with E-state index in [-0.39, 0.29) is 24.0 Å². The van der Waals surface area contributed by atoms with Gasteiger partial charge in [-0.2, -0.15) is 0 Å². The Kier molecular flexibility index (Phi) is 7.17. The summed E-state index contributed by atoms with van der Waals surface area (Å²) in [4.78, 5) is 16.5. The largest absolute Gasteiger partial charge is 0.497 e. The SMILES string of the molecule is COc1ccc(N2CCN(C(=O)NCCNS(=O)(=O)c3ccc(C)cc3)CC2)cc1. The van der Waals surface area contributed by atoms with Gasteiger partial charge in [-0.25, -0.2) is 17.9 Å². The van der Waals surface area contributed by atoms with Gasteiger partial charge in [-0.1, -0.05) is 17.7 Å². The number of sulfonamides is 1. The third kappa shape index (κ3) is 5.64. The monoisotopic (exact) mass is 432 g/mol. The predicted octanol–water partition coefficient (Wildman–Crippen LogP) is 1.81. The molecular weight excluding hydrogens is 404 g/mol. The summed E-state index contributed by atoms with van der Waals surface area (Å²) >= 11 is 0. The molecule has 0 aromatic heterocycles. The van der Waals surface area contributed by atoms with Crippen LogP contribution >= 0.6 is 0 Å². The van der Waals surface area contributed by atoms with Crippen LogP contribution in [0, 0.1) is 6.92 Å². The van der Waals surface area contributed by atoms with Crippen LogP contribution in [0.15, 0.2) is 53.4 Å². The average molecular weight is 433 g/mol. The fourth-order valence-corrected chi connectivity index (χ4v) is 4.26. The lowest BCUT2D eigenvalue weighted by Gasteiger charge is -2.36. The third-order valence-corrected chi connectivity index (χ3v) is 6.51. The Bertz CT molecular complexity index is 938. The highest BCUT2D eigenvalue weighted by Gasteiger charge is 2.21. The first kappa shape index (κ1) is 21.9. The Morgan fingerprint density at radius 1 is 0.967 bits per heavy atom. The summed E-state index contributed by atoms with van der Waals surface area (Å²) in [6, 6.07) is 14.3. The Labute approximate surface area is 177 Å². The molecule has 9 heteroatoms. The molecule has 3 rings (SSSR count). The summed E-state index contributed by atoms with van der Waals surface area (Å²) in [6.45, 7) is 4.94. The van der Waals surface area contributed by atoms with E-state index < -0.39 is 10.0 Å². The smallest absolute Gasteiger partial charge is 0.317 e. The number of hydrogen-bond acceptors (Lipinski definition) is 5. The number of rotatable bonds is 7. The number of aryl methyl sites for hydroxylation is 1. The summed E-state index contributed by atoms with van der Waals surface area (Å²) in [5.41, 5.74) is 2.09. The van der Waals surface area contributed by atoms with Gasteiger partial charge in [0.1, 0.15) is 5.75 Å². The molecule has 1 fully saturated rings. The normalized spacial score (nSPS) is 14.5. The van der Waals surface area contributed by atoms with Gasteiger partial charge in [0, 0.05) is 45.0 Å². The summed E-state index contributed by atoms with van der Waals surface area (Å²) in [6.07, 6.45) is 0. The fraction of sp³-hybridized carbons (Fsp3) is 0.381. The molecule has 0 aliphatic carbocycles. The molecule has 30 heavy (non-hydrogen) atoms. The number of piperazine rings is 1. The summed E-state index contributed by atoms with van der Waals surface area (Å²) < 4.78 is 32.2. The summed E-state index contributed by atoms with van der Waals surface area (Å²) in [7, 11) is -1.93. The van der Waals surface area contributed by atoms with E-state index in [1.165, 1.54) is 0 Å². The lowest BCUT2D eigenvalue weighted by atomic mass is 10.2. The molecule has 2 aromatic rings. The van der Waals surface area contributed by atoms with E-state index in [9.17, 15) is 13.2 Å².